The van der Waals surface area contributed by atoms with Gasteiger partial charge in [-0.1, -0.05) is 54.6 Å². The van der Waals surface area contributed by atoms with Crippen molar-refractivity contribution in [1.82, 2.24) is 9.88 Å². The highest BCUT2D eigenvalue weighted by Crippen LogP contribution is 2.45. The van der Waals surface area contributed by atoms with Crippen molar-refractivity contribution in [3.05, 3.63) is 95.7 Å². The number of hydrogen-bond donors (Lipinski definition) is 1. The summed E-state index contributed by atoms with van der Waals surface area (Å²) in [4.78, 5) is 21.1. The largest absolute Gasteiger partial charge is 0.497 e. The number of H-pyrrole nitrogens is 1. The first-order valence-electron chi connectivity index (χ1n) is 10.6. The zero-order valence-corrected chi connectivity index (χ0v) is 18.3. The SMILES string of the molecule is COc1cccc(N2C(=O)C3Cc4c([nH]c5ccccc45)C(c4ccccc4)N3C2=S)c1. The predicted octanol–water partition coefficient (Wildman–Crippen LogP) is 4.82. The normalized spacial score (nSPS) is 19.9. The van der Waals surface area contributed by atoms with Gasteiger partial charge < -0.3 is 14.6 Å². The lowest BCUT2D eigenvalue weighted by atomic mass is 9.89. The number of benzene rings is 3. The van der Waals surface area contributed by atoms with E-state index in [0.717, 1.165) is 22.5 Å². The highest BCUT2D eigenvalue weighted by molar-refractivity contribution is 7.80. The average molecular weight is 440 g/mol. The first-order valence-corrected chi connectivity index (χ1v) is 11.0. The fraction of sp³-hybridized carbons (Fsp3) is 0.154. The minimum absolute atomic E-state index is 0.000107. The van der Waals surface area contributed by atoms with Crippen LogP contribution in [0.3, 0.4) is 0 Å². The van der Waals surface area contributed by atoms with Gasteiger partial charge in [0.2, 0.25) is 0 Å². The minimum Gasteiger partial charge on any atom is -0.497 e. The van der Waals surface area contributed by atoms with E-state index in [-0.39, 0.29) is 18.0 Å². The first kappa shape index (κ1) is 19.1. The van der Waals surface area contributed by atoms with Crippen LogP contribution in [0.2, 0.25) is 0 Å². The lowest BCUT2D eigenvalue weighted by Gasteiger charge is -2.37. The van der Waals surface area contributed by atoms with E-state index in [0.29, 0.717) is 17.3 Å². The molecule has 0 saturated carbocycles. The number of ether oxygens (including phenoxy) is 1. The highest BCUT2D eigenvalue weighted by Gasteiger charge is 2.50. The summed E-state index contributed by atoms with van der Waals surface area (Å²) in [6.45, 7) is 0. The van der Waals surface area contributed by atoms with Crippen LogP contribution in [-0.4, -0.2) is 34.1 Å². The van der Waals surface area contributed by atoms with Gasteiger partial charge in [0, 0.05) is 29.1 Å². The molecule has 2 aliphatic heterocycles. The van der Waals surface area contributed by atoms with Gasteiger partial charge in [-0.05, 0) is 41.5 Å². The molecule has 4 aromatic rings. The van der Waals surface area contributed by atoms with E-state index in [1.807, 2.05) is 54.6 Å². The van der Waals surface area contributed by atoms with E-state index in [4.69, 9.17) is 17.0 Å². The van der Waals surface area contributed by atoms with Crippen LogP contribution in [0.15, 0.2) is 78.9 Å². The minimum atomic E-state index is -0.356. The Balaban J connectivity index is 1.53. The molecule has 1 saturated heterocycles. The monoisotopic (exact) mass is 439 g/mol. The zero-order valence-electron chi connectivity index (χ0n) is 17.5. The lowest BCUT2D eigenvalue weighted by molar-refractivity contribution is -0.120. The summed E-state index contributed by atoms with van der Waals surface area (Å²) >= 11 is 5.94. The number of para-hydroxylation sites is 1. The number of rotatable bonds is 3. The van der Waals surface area contributed by atoms with Gasteiger partial charge >= 0.3 is 0 Å². The van der Waals surface area contributed by atoms with Crippen LogP contribution in [0.4, 0.5) is 5.69 Å². The highest BCUT2D eigenvalue weighted by atomic mass is 32.1. The van der Waals surface area contributed by atoms with E-state index in [9.17, 15) is 4.79 Å². The number of amides is 1. The maximum atomic E-state index is 13.7. The molecule has 2 atom stereocenters. The second kappa shape index (κ2) is 7.21. The Morgan fingerprint density at radius 1 is 1.00 bits per heavy atom. The maximum Gasteiger partial charge on any atom is 0.256 e. The molecule has 1 fully saturated rings. The number of carbonyl (C=O) groups is 1. The Morgan fingerprint density at radius 3 is 2.59 bits per heavy atom. The maximum absolute atomic E-state index is 13.7. The molecule has 0 aliphatic carbocycles. The summed E-state index contributed by atoms with van der Waals surface area (Å²) in [5.41, 5.74) is 5.22. The fourth-order valence-corrected chi connectivity index (χ4v) is 5.47. The van der Waals surface area contributed by atoms with Crippen LogP contribution >= 0.6 is 12.2 Å². The molecule has 0 bridgehead atoms. The molecule has 3 aromatic carbocycles. The topological polar surface area (TPSA) is 48.6 Å². The standard InChI is InChI=1S/C26H21N3O2S/c1-31-18-11-7-10-17(14-18)28-25(30)22-15-20-19-12-5-6-13-21(19)27-23(20)24(29(22)26(28)32)16-8-3-2-4-9-16/h2-14,22,24,27H,15H2,1H3. The molecule has 6 heteroatoms. The summed E-state index contributed by atoms with van der Waals surface area (Å²) in [7, 11) is 1.62. The molecule has 6 rings (SSSR count). The molecule has 1 N–H and O–H groups in total. The quantitative estimate of drug-likeness (QED) is 0.465. The van der Waals surface area contributed by atoms with Crippen molar-refractivity contribution in [2.75, 3.05) is 12.0 Å². The van der Waals surface area contributed by atoms with E-state index in [1.54, 1.807) is 12.0 Å². The van der Waals surface area contributed by atoms with Gasteiger partial charge in [-0.3, -0.25) is 9.69 Å². The van der Waals surface area contributed by atoms with Crippen molar-refractivity contribution < 1.29 is 9.53 Å². The number of carbonyl (C=O) groups excluding carboxylic acids is 1. The Bertz CT molecular complexity index is 1360. The average Bonchev–Trinajstić information content (AvgIpc) is 3.33. The number of hydrogen-bond acceptors (Lipinski definition) is 3. The van der Waals surface area contributed by atoms with Crippen molar-refractivity contribution in [1.29, 1.82) is 0 Å². The van der Waals surface area contributed by atoms with Crippen molar-refractivity contribution in [2.24, 2.45) is 0 Å². The molecule has 0 spiro atoms. The number of aromatic nitrogens is 1. The smallest absolute Gasteiger partial charge is 0.256 e. The molecule has 32 heavy (non-hydrogen) atoms. The molecular formula is C26H21N3O2S. The number of methoxy groups -OCH3 is 1. The number of thiocarbonyl (C=S) groups is 1. The summed E-state index contributed by atoms with van der Waals surface area (Å²) < 4.78 is 5.38. The van der Waals surface area contributed by atoms with Gasteiger partial charge in [0.05, 0.1) is 18.8 Å². The molecule has 1 aromatic heterocycles. The first-order chi connectivity index (χ1) is 15.7. The lowest BCUT2D eigenvalue weighted by Crippen LogP contribution is -2.44. The van der Waals surface area contributed by atoms with E-state index < -0.39 is 0 Å². The third kappa shape index (κ3) is 2.69. The fourth-order valence-electron chi connectivity index (χ4n) is 5.04. The van der Waals surface area contributed by atoms with Crippen LogP contribution in [0.25, 0.3) is 10.9 Å². The van der Waals surface area contributed by atoms with Crippen LogP contribution < -0.4 is 9.64 Å². The third-order valence-electron chi connectivity index (χ3n) is 6.48. The van der Waals surface area contributed by atoms with Gasteiger partial charge in [-0.15, -0.1) is 0 Å². The summed E-state index contributed by atoms with van der Waals surface area (Å²) in [6, 6.07) is 25.5. The van der Waals surface area contributed by atoms with Gasteiger partial charge in [-0.25, -0.2) is 0 Å². The van der Waals surface area contributed by atoms with E-state index in [2.05, 4.69) is 34.1 Å². The second-order valence-corrected chi connectivity index (χ2v) is 8.53. The molecule has 1 amide bonds. The van der Waals surface area contributed by atoms with Crippen LogP contribution in [0.1, 0.15) is 22.9 Å². The molecule has 158 valence electrons. The summed E-state index contributed by atoms with van der Waals surface area (Å²) in [5, 5.41) is 1.69. The van der Waals surface area contributed by atoms with Crippen LogP contribution in [0, 0.1) is 0 Å². The molecule has 2 aliphatic rings. The van der Waals surface area contributed by atoms with Gasteiger partial charge in [0.15, 0.2) is 5.11 Å². The molecule has 0 radical (unpaired) electrons. The number of nitrogens with one attached hydrogen (secondary N) is 1. The zero-order chi connectivity index (χ0) is 21.8. The van der Waals surface area contributed by atoms with E-state index >= 15 is 0 Å². The number of fused-ring (bicyclic) bond motifs is 4. The van der Waals surface area contributed by atoms with Gasteiger partial charge in [-0.2, -0.15) is 0 Å². The number of nitrogens with zero attached hydrogens (tertiary/aromatic N) is 2. The molecular weight excluding hydrogens is 418 g/mol. The van der Waals surface area contributed by atoms with E-state index in [1.165, 1.54) is 10.9 Å². The Morgan fingerprint density at radius 2 is 1.78 bits per heavy atom. The van der Waals surface area contributed by atoms with Crippen LogP contribution in [-0.2, 0) is 11.2 Å². The van der Waals surface area contributed by atoms with Gasteiger partial charge in [0.25, 0.3) is 5.91 Å². The predicted molar refractivity (Wildman–Crippen MR) is 129 cm³/mol. The van der Waals surface area contributed by atoms with Crippen LogP contribution in [0.5, 0.6) is 5.75 Å². The van der Waals surface area contributed by atoms with Crippen molar-refractivity contribution >= 4 is 39.8 Å². The Labute approximate surface area is 191 Å². The van der Waals surface area contributed by atoms with Crippen molar-refractivity contribution in [3.63, 3.8) is 0 Å². The molecule has 3 heterocycles. The second-order valence-electron chi connectivity index (χ2n) is 8.16. The van der Waals surface area contributed by atoms with Gasteiger partial charge in [0.1, 0.15) is 11.8 Å². The third-order valence-corrected chi connectivity index (χ3v) is 6.87. The summed E-state index contributed by atoms with van der Waals surface area (Å²) in [6.07, 6.45) is 0.613. The Kier molecular flexibility index (Phi) is 4.30. The number of aromatic amines is 1. The molecule has 2 unspecified atom stereocenters. The molecule has 5 nitrogen and oxygen atoms in total. The summed E-state index contributed by atoms with van der Waals surface area (Å²) in [5.74, 6) is 0.693. The number of anilines is 1. The van der Waals surface area contributed by atoms with Crippen molar-refractivity contribution in [3.8, 4) is 5.75 Å². The Hall–Kier alpha value is -3.64. The van der Waals surface area contributed by atoms with Crippen molar-refractivity contribution in [2.45, 2.75) is 18.5 Å².